The fraction of sp³-hybridized carbons (Fsp3) is 0.500. The van der Waals surface area contributed by atoms with Gasteiger partial charge in [-0.05, 0) is 38.0 Å². The zero-order valence-corrected chi connectivity index (χ0v) is 11.3. The Morgan fingerprint density at radius 1 is 1.33 bits per heavy atom. The molecular weight excluding hydrogens is 228 g/mol. The standard InChI is InChI=1S/C14H22N2O2/c1-4-13(15)11-6-8-12(9-7-11)18-10(3)14(17)16-5-2/h6-10,13H,4-5,15H2,1-3H3,(H,16,17)/t10?,13-/m0/s1. The van der Waals surface area contributed by atoms with E-state index in [4.69, 9.17) is 10.5 Å². The number of likely N-dealkylation sites (N-methyl/N-ethyl adjacent to an activating group) is 1. The summed E-state index contributed by atoms with van der Waals surface area (Å²) in [6, 6.07) is 7.63. The predicted octanol–water partition coefficient (Wildman–Crippen LogP) is 2.00. The number of hydrogen-bond acceptors (Lipinski definition) is 3. The number of nitrogens with two attached hydrogens (primary N) is 1. The van der Waals surface area contributed by atoms with Gasteiger partial charge in [0.25, 0.3) is 5.91 Å². The molecule has 0 aliphatic carbocycles. The fourth-order valence-electron chi connectivity index (χ4n) is 1.60. The van der Waals surface area contributed by atoms with Crippen LogP contribution in [0.3, 0.4) is 0 Å². The molecule has 0 radical (unpaired) electrons. The van der Waals surface area contributed by atoms with Crippen LogP contribution in [0.2, 0.25) is 0 Å². The van der Waals surface area contributed by atoms with Crippen molar-refractivity contribution >= 4 is 5.91 Å². The summed E-state index contributed by atoms with van der Waals surface area (Å²) in [5, 5.41) is 2.72. The van der Waals surface area contributed by atoms with Gasteiger partial charge in [0.15, 0.2) is 6.10 Å². The number of carbonyl (C=O) groups is 1. The van der Waals surface area contributed by atoms with Gasteiger partial charge >= 0.3 is 0 Å². The topological polar surface area (TPSA) is 64.3 Å². The van der Waals surface area contributed by atoms with Gasteiger partial charge in [-0.2, -0.15) is 0 Å². The van der Waals surface area contributed by atoms with E-state index in [1.54, 1.807) is 6.92 Å². The lowest BCUT2D eigenvalue weighted by atomic mass is 10.1. The van der Waals surface area contributed by atoms with E-state index in [0.717, 1.165) is 12.0 Å². The first-order valence-corrected chi connectivity index (χ1v) is 6.38. The highest BCUT2D eigenvalue weighted by Gasteiger charge is 2.13. The Morgan fingerprint density at radius 2 is 1.94 bits per heavy atom. The van der Waals surface area contributed by atoms with E-state index >= 15 is 0 Å². The Kier molecular flexibility index (Phi) is 5.65. The van der Waals surface area contributed by atoms with E-state index in [1.165, 1.54) is 0 Å². The molecule has 18 heavy (non-hydrogen) atoms. The molecular formula is C14H22N2O2. The Labute approximate surface area is 109 Å². The summed E-state index contributed by atoms with van der Waals surface area (Å²) in [6.45, 7) is 6.27. The van der Waals surface area contributed by atoms with Crippen LogP contribution in [0.25, 0.3) is 0 Å². The van der Waals surface area contributed by atoms with Crippen LogP contribution < -0.4 is 15.8 Å². The summed E-state index contributed by atoms with van der Waals surface area (Å²) in [5.41, 5.74) is 7.01. The normalized spacial score (nSPS) is 13.8. The van der Waals surface area contributed by atoms with Gasteiger partial charge < -0.3 is 15.8 Å². The molecule has 0 aliphatic heterocycles. The van der Waals surface area contributed by atoms with Crippen molar-refractivity contribution in [2.75, 3.05) is 6.54 Å². The third kappa shape index (κ3) is 4.04. The van der Waals surface area contributed by atoms with E-state index in [-0.39, 0.29) is 11.9 Å². The molecule has 4 nitrogen and oxygen atoms in total. The molecule has 0 saturated carbocycles. The highest BCUT2D eigenvalue weighted by molar-refractivity contribution is 5.80. The SMILES string of the molecule is CCNC(=O)C(C)Oc1ccc([C@@H](N)CC)cc1. The Balaban J connectivity index is 2.60. The highest BCUT2D eigenvalue weighted by atomic mass is 16.5. The molecule has 0 aliphatic rings. The smallest absolute Gasteiger partial charge is 0.260 e. The van der Waals surface area contributed by atoms with Crippen LogP contribution in [0.15, 0.2) is 24.3 Å². The van der Waals surface area contributed by atoms with Gasteiger partial charge in [-0.3, -0.25) is 4.79 Å². The van der Waals surface area contributed by atoms with Crippen molar-refractivity contribution < 1.29 is 9.53 Å². The Morgan fingerprint density at radius 3 is 2.44 bits per heavy atom. The van der Waals surface area contributed by atoms with Crippen molar-refractivity contribution in [1.82, 2.24) is 5.32 Å². The van der Waals surface area contributed by atoms with Crippen LogP contribution in [0.5, 0.6) is 5.75 Å². The van der Waals surface area contributed by atoms with Crippen LogP contribution >= 0.6 is 0 Å². The first kappa shape index (κ1) is 14.5. The van der Waals surface area contributed by atoms with Gasteiger partial charge in [0.1, 0.15) is 5.75 Å². The van der Waals surface area contributed by atoms with Crippen molar-refractivity contribution in [2.24, 2.45) is 5.73 Å². The number of amides is 1. The minimum absolute atomic E-state index is 0.0554. The van der Waals surface area contributed by atoms with Crippen LogP contribution in [0.4, 0.5) is 0 Å². The van der Waals surface area contributed by atoms with Crippen molar-refractivity contribution in [2.45, 2.75) is 39.3 Å². The molecule has 1 rings (SSSR count). The van der Waals surface area contributed by atoms with Crippen LogP contribution in [-0.4, -0.2) is 18.6 Å². The average Bonchev–Trinajstić information content (AvgIpc) is 2.39. The Bertz CT molecular complexity index is 376. The van der Waals surface area contributed by atoms with Gasteiger partial charge in [0.2, 0.25) is 0 Å². The molecule has 0 bridgehead atoms. The summed E-state index contributed by atoms with van der Waals surface area (Å²) >= 11 is 0. The highest BCUT2D eigenvalue weighted by Crippen LogP contribution is 2.19. The third-order valence-corrected chi connectivity index (χ3v) is 2.78. The zero-order valence-electron chi connectivity index (χ0n) is 11.3. The van der Waals surface area contributed by atoms with Crippen molar-refractivity contribution in [3.63, 3.8) is 0 Å². The second kappa shape index (κ2) is 7.01. The summed E-state index contributed by atoms with van der Waals surface area (Å²) in [5.74, 6) is 0.577. The van der Waals surface area contributed by atoms with Gasteiger partial charge in [-0.15, -0.1) is 0 Å². The van der Waals surface area contributed by atoms with Gasteiger partial charge in [-0.1, -0.05) is 19.1 Å². The van der Waals surface area contributed by atoms with Crippen LogP contribution in [-0.2, 0) is 4.79 Å². The molecule has 0 spiro atoms. The molecule has 0 heterocycles. The van der Waals surface area contributed by atoms with Gasteiger partial charge in [-0.25, -0.2) is 0 Å². The largest absolute Gasteiger partial charge is 0.481 e. The average molecular weight is 250 g/mol. The maximum absolute atomic E-state index is 11.5. The summed E-state index contributed by atoms with van der Waals surface area (Å²) in [7, 11) is 0. The molecule has 1 amide bonds. The Hall–Kier alpha value is -1.55. The third-order valence-electron chi connectivity index (χ3n) is 2.78. The molecule has 2 atom stereocenters. The first-order valence-electron chi connectivity index (χ1n) is 6.38. The van der Waals surface area contributed by atoms with E-state index in [9.17, 15) is 4.79 Å². The van der Waals surface area contributed by atoms with Crippen molar-refractivity contribution in [1.29, 1.82) is 0 Å². The molecule has 1 aromatic rings. The summed E-state index contributed by atoms with van der Waals surface area (Å²) in [4.78, 5) is 11.5. The lowest BCUT2D eigenvalue weighted by Crippen LogP contribution is -2.36. The van der Waals surface area contributed by atoms with E-state index in [0.29, 0.717) is 12.3 Å². The molecule has 0 fully saturated rings. The predicted molar refractivity (Wildman–Crippen MR) is 72.4 cm³/mol. The number of rotatable bonds is 6. The fourth-order valence-corrected chi connectivity index (χ4v) is 1.60. The molecule has 3 N–H and O–H groups in total. The molecule has 1 aromatic carbocycles. The second-order valence-corrected chi connectivity index (χ2v) is 4.24. The van der Waals surface area contributed by atoms with E-state index in [2.05, 4.69) is 5.32 Å². The van der Waals surface area contributed by atoms with Crippen molar-refractivity contribution in [3.8, 4) is 5.75 Å². The second-order valence-electron chi connectivity index (χ2n) is 4.24. The number of ether oxygens (including phenoxy) is 1. The van der Waals surface area contributed by atoms with E-state index in [1.807, 2.05) is 38.1 Å². The van der Waals surface area contributed by atoms with Crippen molar-refractivity contribution in [3.05, 3.63) is 29.8 Å². The molecule has 1 unspecified atom stereocenters. The molecule has 100 valence electrons. The lowest BCUT2D eigenvalue weighted by molar-refractivity contribution is -0.127. The maximum atomic E-state index is 11.5. The van der Waals surface area contributed by atoms with Gasteiger partial charge in [0, 0.05) is 12.6 Å². The van der Waals surface area contributed by atoms with Crippen LogP contribution in [0, 0.1) is 0 Å². The zero-order chi connectivity index (χ0) is 13.5. The van der Waals surface area contributed by atoms with Crippen LogP contribution in [0.1, 0.15) is 38.8 Å². The maximum Gasteiger partial charge on any atom is 0.260 e. The first-order chi connectivity index (χ1) is 8.58. The minimum Gasteiger partial charge on any atom is -0.481 e. The van der Waals surface area contributed by atoms with E-state index < -0.39 is 6.10 Å². The van der Waals surface area contributed by atoms with Gasteiger partial charge in [0.05, 0.1) is 0 Å². The quantitative estimate of drug-likeness (QED) is 0.811. The molecule has 0 aromatic heterocycles. The monoisotopic (exact) mass is 250 g/mol. The number of carbonyl (C=O) groups excluding carboxylic acids is 1. The number of benzene rings is 1. The molecule has 4 heteroatoms. The number of hydrogen-bond donors (Lipinski definition) is 2. The summed E-state index contributed by atoms with van der Waals surface area (Å²) in [6.07, 6.45) is 0.408. The molecule has 0 saturated heterocycles. The summed E-state index contributed by atoms with van der Waals surface area (Å²) < 4.78 is 5.54. The lowest BCUT2D eigenvalue weighted by Gasteiger charge is -2.15. The number of nitrogens with one attached hydrogen (secondary N) is 1. The minimum atomic E-state index is -0.490.